The molecule has 0 saturated heterocycles. The van der Waals surface area contributed by atoms with Gasteiger partial charge >= 0.3 is 0 Å². The Morgan fingerprint density at radius 2 is 1.94 bits per heavy atom. The van der Waals surface area contributed by atoms with Crippen LogP contribution in [0.2, 0.25) is 0 Å². The molecule has 94 valence electrons. The Morgan fingerprint density at radius 3 is 2.50 bits per heavy atom. The maximum absolute atomic E-state index is 9.40. The summed E-state index contributed by atoms with van der Waals surface area (Å²) in [5, 5.41) is 9.40. The van der Waals surface area contributed by atoms with Gasteiger partial charge in [0, 0.05) is 17.8 Å². The van der Waals surface area contributed by atoms with Crippen LogP contribution < -0.4 is 9.47 Å². The molecule has 0 unspecified atom stereocenters. The van der Waals surface area contributed by atoms with Crippen molar-refractivity contribution in [2.75, 3.05) is 14.2 Å². The summed E-state index contributed by atoms with van der Waals surface area (Å²) >= 11 is 0. The van der Waals surface area contributed by atoms with Gasteiger partial charge in [0.2, 0.25) is 5.88 Å². The molecule has 18 heavy (non-hydrogen) atoms. The summed E-state index contributed by atoms with van der Waals surface area (Å²) in [4.78, 5) is 4.16. The van der Waals surface area contributed by atoms with E-state index in [2.05, 4.69) is 4.98 Å². The van der Waals surface area contributed by atoms with E-state index in [9.17, 15) is 5.11 Å². The highest BCUT2D eigenvalue weighted by Crippen LogP contribution is 2.27. The predicted octanol–water partition coefficient (Wildman–Crippen LogP) is 2.26. The smallest absolute Gasteiger partial charge is 0.212 e. The summed E-state index contributed by atoms with van der Waals surface area (Å²) in [5.74, 6) is 1.29. The largest absolute Gasteiger partial charge is 0.497 e. The zero-order valence-electron chi connectivity index (χ0n) is 10.4. The molecular formula is C14H15NO3. The minimum atomic E-state index is -0.0431. The first kappa shape index (κ1) is 12.4. The van der Waals surface area contributed by atoms with Crippen molar-refractivity contribution in [3.8, 4) is 22.8 Å². The molecule has 0 atom stereocenters. The lowest BCUT2D eigenvalue weighted by Crippen LogP contribution is -1.93. The number of methoxy groups -OCH3 is 2. The molecule has 1 N–H and O–H groups in total. The maximum Gasteiger partial charge on any atom is 0.212 e. The normalized spacial score (nSPS) is 10.2. The Labute approximate surface area is 106 Å². The van der Waals surface area contributed by atoms with Gasteiger partial charge in [-0.1, -0.05) is 6.07 Å². The van der Waals surface area contributed by atoms with Crippen LogP contribution in [0.1, 0.15) is 5.56 Å². The van der Waals surface area contributed by atoms with Gasteiger partial charge in [-0.05, 0) is 29.3 Å². The van der Waals surface area contributed by atoms with Crippen LogP contribution in [0.5, 0.6) is 11.6 Å². The number of aliphatic hydroxyl groups excluding tert-OH is 1. The average Bonchev–Trinajstić information content (AvgIpc) is 2.46. The molecule has 0 amide bonds. The first-order valence-electron chi connectivity index (χ1n) is 5.56. The number of ether oxygens (including phenoxy) is 2. The van der Waals surface area contributed by atoms with Crippen LogP contribution in [0.3, 0.4) is 0 Å². The Kier molecular flexibility index (Phi) is 3.79. The van der Waals surface area contributed by atoms with Gasteiger partial charge in [0.15, 0.2) is 0 Å². The van der Waals surface area contributed by atoms with Crippen molar-refractivity contribution in [1.29, 1.82) is 0 Å². The monoisotopic (exact) mass is 245 g/mol. The van der Waals surface area contributed by atoms with Crippen LogP contribution in [0.25, 0.3) is 11.1 Å². The molecule has 4 heteroatoms. The Morgan fingerprint density at radius 1 is 1.11 bits per heavy atom. The number of aliphatic hydroxyl groups is 1. The third kappa shape index (κ3) is 2.43. The lowest BCUT2D eigenvalue weighted by Gasteiger charge is -2.10. The fourth-order valence-electron chi connectivity index (χ4n) is 1.77. The molecule has 0 radical (unpaired) electrons. The summed E-state index contributed by atoms with van der Waals surface area (Å²) in [6, 6.07) is 9.29. The quantitative estimate of drug-likeness (QED) is 0.897. The van der Waals surface area contributed by atoms with Gasteiger partial charge in [-0.3, -0.25) is 0 Å². The van der Waals surface area contributed by atoms with Gasteiger partial charge in [0.25, 0.3) is 0 Å². The van der Waals surface area contributed by atoms with E-state index >= 15 is 0 Å². The third-order valence-corrected chi connectivity index (χ3v) is 2.74. The highest BCUT2D eigenvalue weighted by Gasteiger charge is 2.07. The molecule has 1 aromatic heterocycles. The van der Waals surface area contributed by atoms with E-state index in [0.717, 1.165) is 22.4 Å². The second kappa shape index (κ2) is 5.51. The zero-order valence-corrected chi connectivity index (χ0v) is 10.4. The second-order valence-corrected chi connectivity index (χ2v) is 3.77. The van der Waals surface area contributed by atoms with Crippen molar-refractivity contribution in [3.05, 3.63) is 42.1 Å². The molecule has 4 nitrogen and oxygen atoms in total. The molecular weight excluding hydrogens is 230 g/mol. The molecule has 0 fully saturated rings. The van der Waals surface area contributed by atoms with E-state index in [1.165, 1.54) is 0 Å². The molecule has 0 bridgehead atoms. The molecule has 0 spiro atoms. The van der Waals surface area contributed by atoms with Crippen molar-refractivity contribution in [2.24, 2.45) is 0 Å². The van der Waals surface area contributed by atoms with E-state index in [0.29, 0.717) is 5.88 Å². The SMILES string of the molecule is COc1ccc(-c2ccc(OC)nc2)c(CO)c1. The molecule has 1 heterocycles. The number of rotatable bonds is 4. The van der Waals surface area contributed by atoms with Gasteiger partial charge in [0.05, 0.1) is 20.8 Å². The maximum atomic E-state index is 9.40. The minimum Gasteiger partial charge on any atom is -0.497 e. The van der Waals surface area contributed by atoms with Crippen LogP contribution >= 0.6 is 0 Å². The number of pyridine rings is 1. The average molecular weight is 245 g/mol. The van der Waals surface area contributed by atoms with E-state index in [-0.39, 0.29) is 6.61 Å². The van der Waals surface area contributed by atoms with Crippen LogP contribution in [0, 0.1) is 0 Å². The lowest BCUT2D eigenvalue weighted by atomic mass is 10.0. The zero-order chi connectivity index (χ0) is 13.0. The highest BCUT2D eigenvalue weighted by molar-refractivity contribution is 5.67. The van der Waals surface area contributed by atoms with Gasteiger partial charge in [-0.2, -0.15) is 0 Å². The molecule has 2 aromatic rings. The summed E-state index contributed by atoms with van der Waals surface area (Å²) in [7, 11) is 3.18. The van der Waals surface area contributed by atoms with Crippen LogP contribution in [-0.4, -0.2) is 24.3 Å². The van der Waals surface area contributed by atoms with E-state index in [4.69, 9.17) is 9.47 Å². The summed E-state index contributed by atoms with van der Waals surface area (Å²) in [6.45, 7) is -0.0431. The molecule has 0 aliphatic carbocycles. The van der Waals surface area contributed by atoms with Crippen molar-refractivity contribution >= 4 is 0 Å². The molecule has 0 aliphatic rings. The molecule has 2 rings (SSSR count). The molecule has 0 saturated carbocycles. The number of benzene rings is 1. The van der Waals surface area contributed by atoms with E-state index in [1.807, 2.05) is 24.3 Å². The summed E-state index contributed by atoms with van der Waals surface area (Å²) in [5.41, 5.74) is 2.68. The van der Waals surface area contributed by atoms with Gasteiger partial charge in [-0.25, -0.2) is 4.98 Å². The summed E-state index contributed by atoms with van der Waals surface area (Å²) in [6.07, 6.45) is 1.72. The van der Waals surface area contributed by atoms with Crippen molar-refractivity contribution in [2.45, 2.75) is 6.61 Å². The van der Waals surface area contributed by atoms with Crippen LogP contribution in [0.4, 0.5) is 0 Å². The third-order valence-electron chi connectivity index (χ3n) is 2.74. The number of hydrogen-bond acceptors (Lipinski definition) is 4. The minimum absolute atomic E-state index is 0.0431. The van der Waals surface area contributed by atoms with Gasteiger partial charge in [0.1, 0.15) is 5.75 Å². The van der Waals surface area contributed by atoms with E-state index in [1.54, 1.807) is 26.5 Å². The van der Waals surface area contributed by atoms with E-state index < -0.39 is 0 Å². The number of aromatic nitrogens is 1. The van der Waals surface area contributed by atoms with Crippen molar-refractivity contribution < 1.29 is 14.6 Å². The number of hydrogen-bond donors (Lipinski definition) is 1. The molecule has 1 aromatic carbocycles. The second-order valence-electron chi connectivity index (χ2n) is 3.77. The fourth-order valence-corrected chi connectivity index (χ4v) is 1.77. The summed E-state index contributed by atoms with van der Waals surface area (Å²) < 4.78 is 10.2. The number of nitrogens with zero attached hydrogens (tertiary/aromatic N) is 1. The fraction of sp³-hybridized carbons (Fsp3) is 0.214. The van der Waals surface area contributed by atoms with Gasteiger partial charge < -0.3 is 14.6 Å². The highest BCUT2D eigenvalue weighted by atomic mass is 16.5. The standard InChI is InChI=1S/C14H15NO3/c1-17-12-4-5-13(11(7-12)9-16)10-3-6-14(18-2)15-8-10/h3-8,16H,9H2,1-2H3. The lowest BCUT2D eigenvalue weighted by molar-refractivity contribution is 0.281. The van der Waals surface area contributed by atoms with Crippen molar-refractivity contribution in [1.82, 2.24) is 4.98 Å². The Balaban J connectivity index is 2.42. The Hall–Kier alpha value is -2.07. The first-order chi connectivity index (χ1) is 8.78. The topological polar surface area (TPSA) is 51.6 Å². The van der Waals surface area contributed by atoms with Crippen LogP contribution in [-0.2, 0) is 6.61 Å². The molecule has 0 aliphatic heterocycles. The van der Waals surface area contributed by atoms with Crippen molar-refractivity contribution in [3.63, 3.8) is 0 Å². The Bertz CT molecular complexity index is 523. The first-order valence-corrected chi connectivity index (χ1v) is 5.56. The van der Waals surface area contributed by atoms with Crippen LogP contribution in [0.15, 0.2) is 36.5 Å². The predicted molar refractivity (Wildman–Crippen MR) is 68.7 cm³/mol. The van der Waals surface area contributed by atoms with Gasteiger partial charge in [-0.15, -0.1) is 0 Å².